The lowest BCUT2D eigenvalue weighted by molar-refractivity contribution is -0.167. The van der Waals surface area contributed by atoms with Crippen LogP contribution in [0.15, 0.2) is 36.7 Å². The van der Waals surface area contributed by atoms with Gasteiger partial charge in [0.05, 0.1) is 23.3 Å². The Labute approximate surface area is 199 Å². The Bertz CT molecular complexity index is 1170. The van der Waals surface area contributed by atoms with E-state index in [-0.39, 0.29) is 18.0 Å². The molecule has 1 heterocycles. The van der Waals surface area contributed by atoms with Gasteiger partial charge in [0.25, 0.3) is 0 Å². The fraction of sp³-hybridized carbons (Fsp3) is 0.318. The Balaban J connectivity index is 1.92. The summed E-state index contributed by atoms with van der Waals surface area (Å²) in [6.07, 6.45) is -3.74. The molecule has 182 valence electrons. The first-order chi connectivity index (χ1) is 16.1. The van der Waals surface area contributed by atoms with Crippen LogP contribution in [0.2, 0.25) is 5.02 Å². The summed E-state index contributed by atoms with van der Waals surface area (Å²) < 4.78 is 49.5. The molecule has 2 aromatic carbocycles. The average Bonchev–Trinajstić information content (AvgIpc) is 2.77. The van der Waals surface area contributed by atoms with Crippen LogP contribution in [0.5, 0.6) is 11.5 Å². The van der Waals surface area contributed by atoms with Gasteiger partial charge in [0.15, 0.2) is 0 Å². The van der Waals surface area contributed by atoms with Crippen LogP contribution in [0.25, 0.3) is 10.9 Å². The van der Waals surface area contributed by atoms with E-state index in [0.717, 1.165) is 5.56 Å². The molecule has 3 aromatic rings. The highest BCUT2D eigenvalue weighted by atomic mass is 35.5. The minimum atomic E-state index is -5.06. The third-order valence-corrected chi connectivity index (χ3v) is 5.01. The number of likely N-dealkylation sites (N-methyl/N-ethyl adjacent to an activating group) is 1. The van der Waals surface area contributed by atoms with Crippen molar-refractivity contribution in [3.63, 3.8) is 0 Å². The first-order valence-electron chi connectivity index (χ1n) is 10.1. The number of nitrogens with one attached hydrogen (secondary N) is 2. The molecule has 0 spiro atoms. The average molecular weight is 498 g/mol. The lowest BCUT2D eigenvalue weighted by Gasteiger charge is -2.17. The Kier molecular flexibility index (Phi) is 8.00. The molecule has 3 rings (SSSR count). The number of ether oxygens (including phenoxy) is 2. The number of hydrogen-bond donors (Lipinski definition) is 2. The van der Waals surface area contributed by atoms with Crippen LogP contribution in [0.3, 0.4) is 0 Å². The van der Waals surface area contributed by atoms with E-state index in [1.165, 1.54) is 25.6 Å². The molecular formula is C22H23ClF3N5O3. The van der Waals surface area contributed by atoms with Crippen LogP contribution >= 0.6 is 11.6 Å². The standard InChI is InChI=1S/C22H23ClF3N5O3/c1-31(2)6-7-34-19-10-16-14(9-17(19)30-21(32)22(24,25)26)20(29-12-28-16)27-11-13-4-5-18(33-3)15(23)8-13/h4-5,8-10,12H,6-7,11H2,1-3H3,(H,30,32)(H,27,28,29). The highest BCUT2D eigenvalue weighted by Crippen LogP contribution is 2.34. The molecule has 8 nitrogen and oxygen atoms in total. The minimum absolute atomic E-state index is 0.0681. The lowest BCUT2D eigenvalue weighted by Crippen LogP contribution is -2.30. The van der Waals surface area contributed by atoms with Gasteiger partial charge in [0.1, 0.15) is 30.3 Å². The molecule has 1 aromatic heterocycles. The number of hydrogen-bond acceptors (Lipinski definition) is 7. The second-order valence-electron chi connectivity index (χ2n) is 7.51. The van der Waals surface area contributed by atoms with E-state index in [9.17, 15) is 18.0 Å². The molecule has 34 heavy (non-hydrogen) atoms. The van der Waals surface area contributed by atoms with Gasteiger partial charge in [0, 0.05) is 24.5 Å². The van der Waals surface area contributed by atoms with Gasteiger partial charge in [-0.1, -0.05) is 17.7 Å². The number of anilines is 2. The summed E-state index contributed by atoms with van der Waals surface area (Å²) in [4.78, 5) is 21.9. The first kappa shape index (κ1) is 25.3. The minimum Gasteiger partial charge on any atom is -0.495 e. The van der Waals surface area contributed by atoms with E-state index in [1.54, 1.807) is 12.1 Å². The van der Waals surface area contributed by atoms with Crippen LogP contribution in [0.4, 0.5) is 24.7 Å². The molecule has 0 aliphatic rings. The van der Waals surface area contributed by atoms with Gasteiger partial charge in [0.2, 0.25) is 0 Å². The van der Waals surface area contributed by atoms with Gasteiger partial charge in [-0.05, 0) is 37.9 Å². The second kappa shape index (κ2) is 10.7. The Morgan fingerprint density at radius 1 is 1.15 bits per heavy atom. The number of halogens is 4. The summed E-state index contributed by atoms with van der Waals surface area (Å²) in [6.45, 7) is 1.04. The van der Waals surface area contributed by atoms with Gasteiger partial charge in [-0.2, -0.15) is 13.2 Å². The van der Waals surface area contributed by atoms with Gasteiger partial charge in [-0.25, -0.2) is 9.97 Å². The summed E-state index contributed by atoms with van der Waals surface area (Å²) >= 11 is 6.16. The smallest absolute Gasteiger partial charge is 0.471 e. The molecule has 2 N–H and O–H groups in total. The van der Waals surface area contributed by atoms with E-state index in [2.05, 4.69) is 15.3 Å². The maximum atomic E-state index is 12.9. The number of nitrogens with zero attached hydrogens (tertiary/aromatic N) is 3. The largest absolute Gasteiger partial charge is 0.495 e. The fourth-order valence-electron chi connectivity index (χ4n) is 2.98. The molecule has 0 saturated heterocycles. The summed E-state index contributed by atoms with van der Waals surface area (Å²) in [5.41, 5.74) is 1.11. The number of benzene rings is 2. The number of carbonyl (C=O) groups is 1. The molecule has 0 aliphatic carbocycles. The number of aromatic nitrogens is 2. The quantitative estimate of drug-likeness (QED) is 0.454. The monoisotopic (exact) mass is 497 g/mol. The number of rotatable bonds is 9. The zero-order valence-electron chi connectivity index (χ0n) is 18.7. The normalized spacial score (nSPS) is 11.5. The summed E-state index contributed by atoms with van der Waals surface area (Å²) in [5, 5.41) is 5.85. The van der Waals surface area contributed by atoms with E-state index in [0.29, 0.717) is 40.6 Å². The van der Waals surface area contributed by atoms with Crippen molar-refractivity contribution in [2.75, 3.05) is 45.0 Å². The molecule has 0 unspecified atom stereocenters. The third-order valence-electron chi connectivity index (χ3n) is 4.71. The maximum absolute atomic E-state index is 12.9. The molecule has 12 heteroatoms. The molecule has 0 radical (unpaired) electrons. The van der Waals surface area contributed by atoms with Crippen LogP contribution in [-0.2, 0) is 11.3 Å². The van der Waals surface area contributed by atoms with Crippen molar-refractivity contribution in [3.8, 4) is 11.5 Å². The van der Waals surface area contributed by atoms with Crippen molar-refractivity contribution < 1.29 is 27.4 Å². The number of fused-ring (bicyclic) bond motifs is 1. The molecule has 0 aliphatic heterocycles. The number of methoxy groups -OCH3 is 1. The van der Waals surface area contributed by atoms with Crippen LogP contribution in [0, 0.1) is 0 Å². The zero-order chi connectivity index (χ0) is 24.9. The predicted octanol–water partition coefficient (Wildman–Crippen LogP) is 4.35. The van der Waals surface area contributed by atoms with Crippen molar-refractivity contribution in [2.24, 2.45) is 0 Å². The summed E-state index contributed by atoms with van der Waals surface area (Å²) in [7, 11) is 5.17. The SMILES string of the molecule is COc1ccc(CNc2ncnc3cc(OCCN(C)C)c(NC(=O)C(F)(F)F)cc23)cc1Cl. The summed E-state index contributed by atoms with van der Waals surface area (Å²) in [6, 6.07) is 8.08. The van der Waals surface area contributed by atoms with Gasteiger partial charge in [-0.15, -0.1) is 0 Å². The van der Waals surface area contributed by atoms with Crippen LogP contribution in [0.1, 0.15) is 5.56 Å². The van der Waals surface area contributed by atoms with Crippen molar-refractivity contribution in [3.05, 3.63) is 47.2 Å². The Hall–Kier alpha value is -3.31. The molecule has 0 fully saturated rings. The van der Waals surface area contributed by atoms with Crippen molar-refractivity contribution >= 4 is 39.9 Å². The first-order valence-corrected chi connectivity index (χ1v) is 10.5. The Morgan fingerprint density at radius 3 is 2.56 bits per heavy atom. The molecule has 0 atom stereocenters. The molecule has 0 bridgehead atoms. The zero-order valence-corrected chi connectivity index (χ0v) is 19.4. The number of carbonyl (C=O) groups excluding carboxylic acids is 1. The molecule has 1 amide bonds. The highest BCUT2D eigenvalue weighted by Gasteiger charge is 2.39. The van der Waals surface area contributed by atoms with Gasteiger partial charge < -0.3 is 25.0 Å². The lowest BCUT2D eigenvalue weighted by atomic mass is 10.1. The van der Waals surface area contributed by atoms with Crippen LogP contribution < -0.4 is 20.1 Å². The Morgan fingerprint density at radius 2 is 1.91 bits per heavy atom. The van der Waals surface area contributed by atoms with Gasteiger partial charge in [-0.3, -0.25) is 4.79 Å². The van der Waals surface area contributed by atoms with E-state index < -0.39 is 12.1 Å². The van der Waals surface area contributed by atoms with Crippen LogP contribution in [-0.4, -0.2) is 61.3 Å². The highest BCUT2D eigenvalue weighted by molar-refractivity contribution is 6.32. The molecule has 0 saturated carbocycles. The van der Waals surface area contributed by atoms with E-state index >= 15 is 0 Å². The van der Waals surface area contributed by atoms with Crippen molar-refractivity contribution in [2.45, 2.75) is 12.7 Å². The van der Waals surface area contributed by atoms with Crippen molar-refractivity contribution in [1.82, 2.24) is 14.9 Å². The topological polar surface area (TPSA) is 88.6 Å². The third kappa shape index (κ3) is 6.39. The maximum Gasteiger partial charge on any atom is 0.471 e. The molecular weight excluding hydrogens is 475 g/mol. The van der Waals surface area contributed by atoms with E-state index in [4.69, 9.17) is 21.1 Å². The summed E-state index contributed by atoms with van der Waals surface area (Å²) in [5.74, 6) is -1.15. The number of amides is 1. The second-order valence-corrected chi connectivity index (χ2v) is 7.92. The number of alkyl halides is 3. The predicted molar refractivity (Wildman–Crippen MR) is 124 cm³/mol. The van der Waals surface area contributed by atoms with E-state index in [1.807, 2.05) is 30.4 Å². The fourth-order valence-corrected chi connectivity index (χ4v) is 3.26. The van der Waals surface area contributed by atoms with Gasteiger partial charge >= 0.3 is 12.1 Å². The van der Waals surface area contributed by atoms with Crippen molar-refractivity contribution in [1.29, 1.82) is 0 Å².